The molecule has 5 nitrogen and oxygen atoms in total. The number of hydrogen-bond donors (Lipinski definition) is 1. The fraction of sp³-hybridized carbons (Fsp3) is 0.0833. The zero-order valence-corrected chi connectivity index (χ0v) is 10.2. The molecule has 18 heavy (non-hydrogen) atoms. The van der Waals surface area contributed by atoms with Gasteiger partial charge in [-0.25, -0.2) is 4.98 Å². The van der Waals surface area contributed by atoms with Crippen molar-refractivity contribution in [2.24, 2.45) is 5.73 Å². The lowest BCUT2D eigenvalue weighted by Crippen LogP contribution is -2.04. The van der Waals surface area contributed by atoms with E-state index in [4.69, 9.17) is 17.3 Å². The zero-order chi connectivity index (χ0) is 12.5. The van der Waals surface area contributed by atoms with Crippen molar-refractivity contribution in [2.75, 3.05) is 0 Å². The molecule has 0 aliphatic rings. The minimum atomic E-state index is 0.362. The minimum absolute atomic E-state index is 0.362. The highest BCUT2D eigenvalue weighted by molar-refractivity contribution is 6.31. The van der Waals surface area contributed by atoms with Crippen molar-refractivity contribution in [3.63, 3.8) is 0 Å². The summed E-state index contributed by atoms with van der Waals surface area (Å²) >= 11 is 5.99. The van der Waals surface area contributed by atoms with E-state index in [1.165, 1.54) is 0 Å². The molecule has 0 amide bonds. The van der Waals surface area contributed by atoms with Crippen LogP contribution < -0.4 is 5.73 Å². The molecule has 3 aromatic rings. The van der Waals surface area contributed by atoms with Gasteiger partial charge in [-0.3, -0.25) is 0 Å². The van der Waals surface area contributed by atoms with Crippen molar-refractivity contribution in [1.29, 1.82) is 0 Å². The van der Waals surface area contributed by atoms with E-state index in [2.05, 4.69) is 15.3 Å². The van der Waals surface area contributed by atoms with E-state index in [9.17, 15) is 0 Å². The fourth-order valence-corrected chi connectivity index (χ4v) is 1.96. The van der Waals surface area contributed by atoms with Crippen LogP contribution >= 0.6 is 11.6 Å². The van der Waals surface area contributed by atoms with Crippen LogP contribution in [0.25, 0.3) is 16.9 Å². The Balaban J connectivity index is 2.20. The van der Waals surface area contributed by atoms with Gasteiger partial charge in [-0.15, -0.1) is 5.10 Å². The molecule has 0 saturated carbocycles. The summed E-state index contributed by atoms with van der Waals surface area (Å²) in [7, 11) is 0. The van der Waals surface area contributed by atoms with Crippen LogP contribution in [0.4, 0.5) is 0 Å². The maximum atomic E-state index is 5.99. The second-order valence-electron chi connectivity index (χ2n) is 3.83. The molecule has 0 saturated heterocycles. The molecule has 0 atom stereocenters. The van der Waals surface area contributed by atoms with E-state index in [-0.39, 0.29) is 0 Å². The third-order valence-electron chi connectivity index (χ3n) is 2.71. The number of para-hydroxylation sites is 1. The summed E-state index contributed by atoms with van der Waals surface area (Å²) in [6, 6.07) is 9.51. The predicted octanol–water partition coefficient (Wildman–Crippen LogP) is 1.93. The average Bonchev–Trinajstić information content (AvgIpc) is 2.83. The second kappa shape index (κ2) is 4.36. The van der Waals surface area contributed by atoms with E-state index < -0.39 is 0 Å². The number of fused-ring (bicyclic) bond motifs is 1. The van der Waals surface area contributed by atoms with Gasteiger partial charge < -0.3 is 5.73 Å². The molecule has 2 heterocycles. The molecule has 0 bridgehead atoms. The summed E-state index contributed by atoms with van der Waals surface area (Å²) in [4.78, 5) is 4.25. The fourth-order valence-electron chi connectivity index (χ4n) is 1.78. The lowest BCUT2D eigenvalue weighted by Gasteiger charge is -2.05. The Bertz CT molecular complexity index is 707. The summed E-state index contributed by atoms with van der Waals surface area (Å²) in [5.41, 5.74) is 8.18. The van der Waals surface area contributed by atoms with Crippen LogP contribution in [0.2, 0.25) is 5.02 Å². The first kappa shape index (κ1) is 11.1. The lowest BCUT2D eigenvalue weighted by molar-refractivity contribution is 0.798. The van der Waals surface area contributed by atoms with Gasteiger partial charge in [-0.2, -0.15) is 4.68 Å². The average molecular weight is 260 g/mol. The molecule has 0 aliphatic carbocycles. The topological polar surface area (TPSA) is 69.6 Å². The van der Waals surface area contributed by atoms with Crippen LogP contribution in [-0.2, 0) is 6.54 Å². The number of aromatic nitrogens is 4. The van der Waals surface area contributed by atoms with E-state index >= 15 is 0 Å². The van der Waals surface area contributed by atoms with Crippen molar-refractivity contribution >= 4 is 22.6 Å². The number of benzene rings is 1. The Morgan fingerprint density at radius 2 is 2.11 bits per heavy atom. The van der Waals surface area contributed by atoms with Gasteiger partial charge in [0, 0.05) is 12.7 Å². The van der Waals surface area contributed by atoms with E-state index in [0.717, 1.165) is 16.6 Å². The van der Waals surface area contributed by atoms with Gasteiger partial charge in [0.05, 0.1) is 10.5 Å². The van der Waals surface area contributed by atoms with Gasteiger partial charge in [0.1, 0.15) is 5.52 Å². The Labute approximate surface area is 108 Å². The predicted molar refractivity (Wildman–Crippen MR) is 69.6 cm³/mol. The number of hydrogen-bond acceptors (Lipinski definition) is 4. The molecule has 0 unspecified atom stereocenters. The molecule has 2 N–H and O–H groups in total. The molecular formula is C12H10ClN5. The van der Waals surface area contributed by atoms with Crippen molar-refractivity contribution < 1.29 is 0 Å². The second-order valence-corrected chi connectivity index (χ2v) is 4.24. The first-order chi connectivity index (χ1) is 8.79. The number of halogens is 1. The molecular weight excluding hydrogens is 250 g/mol. The van der Waals surface area contributed by atoms with Gasteiger partial charge >= 0.3 is 0 Å². The molecule has 6 heteroatoms. The number of nitrogens with two attached hydrogens (primary N) is 1. The molecule has 0 aliphatic heterocycles. The quantitative estimate of drug-likeness (QED) is 0.763. The Morgan fingerprint density at radius 1 is 1.28 bits per heavy atom. The Hall–Kier alpha value is -1.98. The Kier molecular flexibility index (Phi) is 2.70. The maximum Gasteiger partial charge on any atom is 0.156 e. The van der Waals surface area contributed by atoms with E-state index in [1.54, 1.807) is 10.9 Å². The van der Waals surface area contributed by atoms with Crippen molar-refractivity contribution in [2.45, 2.75) is 6.54 Å². The van der Waals surface area contributed by atoms with Crippen molar-refractivity contribution in [3.05, 3.63) is 47.1 Å². The molecule has 0 fully saturated rings. The SMILES string of the molecule is NCc1cc(-n2nnc3ccccc32)ncc1Cl. The van der Waals surface area contributed by atoms with Gasteiger partial charge in [0.25, 0.3) is 0 Å². The summed E-state index contributed by atoms with van der Waals surface area (Å²) in [6.07, 6.45) is 1.58. The summed E-state index contributed by atoms with van der Waals surface area (Å²) < 4.78 is 1.67. The maximum absolute atomic E-state index is 5.99. The van der Waals surface area contributed by atoms with Gasteiger partial charge in [-0.05, 0) is 23.8 Å². The zero-order valence-electron chi connectivity index (χ0n) is 9.42. The highest BCUT2D eigenvalue weighted by atomic mass is 35.5. The largest absolute Gasteiger partial charge is 0.326 e. The molecule has 2 aromatic heterocycles. The van der Waals surface area contributed by atoms with Crippen LogP contribution in [0.15, 0.2) is 36.5 Å². The van der Waals surface area contributed by atoms with E-state index in [0.29, 0.717) is 17.4 Å². The van der Waals surface area contributed by atoms with Crippen LogP contribution in [0.3, 0.4) is 0 Å². The number of rotatable bonds is 2. The summed E-state index contributed by atoms with van der Waals surface area (Å²) in [5, 5.41) is 8.73. The first-order valence-electron chi connectivity index (χ1n) is 5.45. The standard InChI is InChI=1S/C12H10ClN5/c13-9-7-15-12(5-8(9)6-14)18-11-4-2-1-3-10(11)16-17-18/h1-5,7H,6,14H2. The molecule has 0 radical (unpaired) electrons. The van der Waals surface area contributed by atoms with Gasteiger partial charge in [0.2, 0.25) is 0 Å². The normalized spacial score (nSPS) is 11.0. The van der Waals surface area contributed by atoms with E-state index in [1.807, 2.05) is 30.3 Å². The van der Waals surface area contributed by atoms with Crippen molar-refractivity contribution in [3.8, 4) is 5.82 Å². The van der Waals surface area contributed by atoms with Crippen molar-refractivity contribution in [1.82, 2.24) is 20.0 Å². The minimum Gasteiger partial charge on any atom is -0.326 e. The van der Waals surface area contributed by atoms with Gasteiger partial charge in [0.15, 0.2) is 5.82 Å². The first-order valence-corrected chi connectivity index (χ1v) is 5.82. The highest BCUT2D eigenvalue weighted by Crippen LogP contribution is 2.19. The third kappa shape index (κ3) is 1.73. The van der Waals surface area contributed by atoms with Crippen LogP contribution in [0, 0.1) is 0 Å². The van der Waals surface area contributed by atoms with Crippen LogP contribution in [0.5, 0.6) is 0 Å². The number of nitrogens with zero attached hydrogens (tertiary/aromatic N) is 4. The molecule has 0 spiro atoms. The number of pyridine rings is 1. The lowest BCUT2D eigenvalue weighted by atomic mass is 10.2. The smallest absolute Gasteiger partial charge is 0.156 e. The third-order valence-corrected chi connectivity index (χ3v) is 3.05. The van der Waals surface area contributed by atoms with Gasteiger partial charge in [-0.1, -0.05) is 28.9 Å². The Morgan fingerprint density at radius 3 is 2.94 bits per heavy atom. The highest BCUT2D eigenvalue weighted by Gasteiger charge is 2.08. The monoisotopic (exact) mass is 259 g/mol. The molecule has 3 rings (SSSR count). The molecule has 90 valence electrons. The van der Waals surface area contributed by atoms with Crippen LogP contribution in [-0.4, -0.2) is 20.0 Å². The summed E-state index contributed by atoms with van der Waals surface area (Å²) in [5.74, 6) is 0.661. The van der Waals surface area contributed by atoms with Crippen LogP contribution in [0.1, 0.15) is 5.56 Å². The summed E-state index contributed by atoms with van der Waals surface area (Å²) in [6.45, 7) is 0.362. The molecule has 1 aromatic carbocycles.